The molecule has 0 aliphatic rings. The van der Waals surface area contributed by atoms with Crippen LogP contribution in [0.15, 0.2) is 24.3 Å². The van der Waals surface area contributed by atoms with E-state index < -0.39 is 11.6 Å². The molecule has 0 saturated carbocycles. The molecule has 4 N–H and O–H groups in total. The Bertz CT molecular complexity index is 797. The number of aromatic amines is 1. The van der Waals surface area contributed by atoms with Gasteiger partial charge in [-0.3, -0.25) is 0 Å². The average Bonchev–Trinajstić information content (AvgIpc) is 2.85. The van der Waals surface area contributed by atoms with Gasteiger partial charge in [-0.25, -0.2) is 18.7 Å². The fraction of sp³-hybridized carbons (Fsp3) is 0.0769. The van der Waals surface area contributed by atoms with Crippen LogP contribution in [0.5, 0.6) is 0 Å². The number of pyridine rings is 1. The molecule has 1 aromatic carbocycles. The van der Waals surface area contributed by atoms with Crippen LogP contribution < -0.4 is 11.1 Å². The summed E-state index contributed by atoms with van der Waals surface area (Å²) < 4.78 is 27.0. The second-order valence-corrected chi connectivity index (χ2v) is 4.26. The number of hydrogen-bond donors (Lipinski definition) is 3. The third kappa shape index (κ3) is 1.93. The summed E-state index contributed by atoms with van der Waals surface area (Å²) in [5.41, 5.74) is 6.52. The highest BCUT2D eigenvalue weighted by Crippen LogP contribution is 2.26. The molecule has 20 heavy (non-hydrogen) atoms. The minimum Gasteiger partial charge on any atom is -0.396 e. The summed E-state index contributed by atoms with van der Waals surface area (Å²) in [6.07, 6.45) is 0. The normalized spacial score (nSPS) is 10.9. The van der Waals surface area contributed by atoms with Crippen LogP contribution in [0.2, 0.25) is 0 Å². The van der Waals surface area contributed by atoms with E-state index in [4.69, 9.17) is 5.73 Å². The molecule has 0 unspecified atom stereocenters. The van der Waals surface area contributed by atoms with Crippen LogP contribution in [0.25, 0.3) is 22.6 Å². The number of aromatic nitrogens is 3. The largest absolute Gasteiger partial charge is 0.396 e. The van der Waals surface area contributed by atoms with Crippen LogP contribution in [-0.2, 0) is 0 Å². The topological polar surface area (TPSA) is 79.6 Å². The molecule has 2 aromatic heterocycles. The number of imidazole rings is 1. The van der Waals surface area contributed by atoms with E-state index in [1.807, 2.05) is 0 Å². The van der Waals surface area contributed by atoms with Crippen LogP contribution >= 0.6 is 0 Å². The van der Waals surface area contributed by atoms with Crippen molar-refractivity contribution in [2.45, 2.75) is 0 Å². The third-order valence-corrected chi connectivity index (χ3v) is 2.94. The number of nitrogens with zero attached hydrogens (tertiary/aromatic N) is 2. The molecule has 3 rings (SSSR count). The zero-order valence-corrected chi connectivity index (χ0v) is 10.5. The van der Waals surface area contributed by atoms with Gasteiger partial charge >= 0.3 is 0 Å². The van der Waals surface area contributed by atoms with E-state index in [0.29, 0.717) is 17.0 Å². The van der Waals surface area contributed by atoms with Gasteiger partial charge in [0.1, 0.15) is 23.3 Å². The minimum atomic E-state index is -0.794. The Morgan fingerprint density at radius 2 is 1.95 bits per heavy atom. The molecule has 2 heterocycles. The lowest BCUT2D eigenvalue weighted by atomic mass is 10.1. The van der Waals surface area contributed by atoms with Gasteiger partial charge in [0.2, 0.25) is 0 Å². The zero-order chi connectivity index (χ0) is 14.3. The molecule has 0 fully saturated rings. The van der Waals surface area contributed by atoms with E-state index in [1.54, 1.807) is 19.2 Å². The third-order valence-electron chi connectivity index (χ3n) is 2.94. The summed E-state index contributed by atoms with van der Waals surface area (Å²) in [4.78, 5) is 11.4. The molecule has 0 bridgehead atoms. The Kier molecular flexibility index (Phi) is 2.74. The van der Waals surface area contributed by atoms with E-state index in [1.165, 1.54) is 6.07 Å². The molecule has 102 valence electrons. The van der Waals surface area contributed by atoms with Gasteiger partial charge in [0.05, 0.1) is 16.8 Å². The molecular weight excluding hydrogens is 264 g/mol. The maximum atomic E-state index is 13.8. The van der Waals surface area contributed by atoms with Crippen molar-refractivity contribution in [3.05, 3.63) is 35.9 Å². The van der Waals surface area contributed by atoms with E-state index in [0.717, 1.165) is 6.07 Å². The molecular formula is C13H11F2N5. The number of nitrogens with two attached hydrogens (primary N) is 1. The van der Waals surface area contributed by atoms with Crippen molar-refractivity contribution < 1.29 is 8.78 Å². The van der Waals surface area contributed by atoms with Gasteiger partial charge in [0.15, 0.2) is 5.65 Å². The first-order valence-corrected chi connectivity index (χ1v) is 5.88. The fourth-order valence-electron chi connectivity index (χ4n) is 1.91. The van der Waals surface area contributed by atoms with Crippen LogP contribution in [-0.4, -0.2) is 22.0 Å². The Morgan fingerprint density at radius 1 is 1.15 bits per heavy atom. The number of halogens is 2. The SMILES string of the molecule is CNc1ccc2[nH]c(-c3cc(N)c(F)cc3F)nc2n1. The van der Waals surface area contributed by atoms with Crippen LogP contribution in [0.3, 0.4) is 0 Å². The summed E-state index contributed by atoms with van der Waals surface area (Å²) >= 11 is 0. The standard InChI is InChI=1S/C13H11F2N5/c1-17-11-3-2-10-13(19-11)20-12(18-10)6-4-9(16)8(15)5-7(6)14/h2-5H,16H2,1H3,(H2,17,18,19,20). The van der Waals surface area contributed by atoms with Gasteiger partial charge in [0, 0.05) is 13.1 Å². The summed E-state index contributed by atoms with van der Waals surface area (Å²) in [7, 11) is 1.74. The van der Waals surface area contributed by atoms with Crippen molar-refractivity contribution in [2.24, 2.45) is 0 Å². The second-order valence-electron chi connectivity index (χ2n) is 4.26. The number of nitrogen functional groups attached to an aromatic ring is 1. The van der Waals surface area contributed by atoms with Crippen LogP contribution in [0.4, 0.5) is 20.3 Å². The molecule has 0 saturated heterocycles. The van der Waals surface area contributed by atoms with Crippen molar-refractivity contribution in [3.8, 4) is 11.4 Å². The van der Waals surface area contributed by atoms with Crippen molar-refractivity contribution in [1.82, 2.24) is 15.0 Å². The number of H-pyrrole nitrogens is 1. The fourth-order valence-corrected chi connectivity index (χ4v) is 1.91. The highest BCUT2D eigenvalue weighted by atomic mass is 19.1. The van der Waals surface area contributed by atoms with Crippen molar-refractivity contribution in [3.63, 3.8) is 0 Å². The number of nitrogens with one attached hydrogen (secondary N) is 2. The summed E-state index contributed by atoms with van der Waals surface area (Å²) in [6, 6.07) is 5.49. The molecule has 0 spiro atoms. The molecule has 0 atom stereocenters. The molecule has 3 aromatic rings. The van der Waals surface area contributed by atoms with Gasteiger partial charge in [-0.2, -0.15) is 0 Å². The molecule has 0 aliphatic carbocycles. The van der Waals surface area contributed by atoms with E-state index in [2.05, 4.69) is 20.3 Å². The maximum Gasteiger partial charge on any atom is 0.180 e. The summed E-state index contributed by atoms with van der Waals surface area (Å²) in [5.74, 6) is -0.623. The molecule has 7 heteroatoms. The van der Waals surface area contributed by atoms with Gasteiger partial charge in [-0.1, -0.05) is 0 Å². The first kappa shape index (κ1) is 12.3. The Hall–Kier alpha value is -2.70. The quantitative estimate of drug-likeness (QED) is 0.628. The molecule has 0 amide bonds. The highest BCUT2D eigenvalue weighted by Gasteiger charge is 2.14. The number of fused-ring (bicyclic) bond motifs is 1. The van der Waals surface area contributed by atoms with Gasteiger partial charge in [0.25, 0.3) is 0 Å². The van der Waals surface area contributed by atoms with E-state index in [9.17, 15) is 8.78 Å². The Labute approximate surface area is 112 Å². The summed E-state index contributed by atoms with van der Waals surface area (Å²) in [6.45, 7) is 0. The zero-order valence-electron chi connectivity index (χ0n) is 10.5. The number of hydrogen-bond acceptors (Lipinski definition) is 4. The lowest BCUT2D eigenvalue weighted by Gasteiger charge is -2.02. The lowest BCUT2D eigenvalue weighted by molar-refractivity contribution is 0.588. The number of benzene rings is 1. The van der Waals surface area contributed by atoms with E-state index >= 15 is 0 Å². The van der Waals surface area contributed by atoms with Gasteiger partial charge < -0.3 is 16.0 Å². The molecule has 0 aliphatic heterocycles. The van der Waals surface area contributed by atoms with E-state index in [-0.39, 0.29) is 17.1 Å². The van der Waals surface area contributed by atoms with Crippen molar-refractivity contribution in [2.75, 3.05) is 18.1 Å². The van der Waals surface area contributed by atoms with Crippen molar-refractivity contribution >= 4 is 22.7 Å². The van der Waals surface area contributed by atoms with Crippen LogP contribution in [0, 0.1) is 11.6 Å². The van der Waals surface area contributed by atoms with Gasteiger partial charge in [-0.05, 0) is 18.2 Å². The summed E-state index contributed by atoms with van der Waals surface area (Å²) in [5, 5.41) is 2.89. The monoisotopic (exact) mass is 275 g/mol. The average molecular weight is 275 g/mol. The Morgan fingerprint density at radius 3 is 2.70 bits per heavy atom. The smallest absolute Gasteiger partial charge is 0.180 e. The highest BCUT2D eigenvalue weighted by molar-refractivity contribution is 5.78. The first-order valence-electron chi connectivity index (χ1n) is 5.88. The van der Waals surface area contributed by atoms with Crippen molar-refractivity contribution in [1.29, 1.82) is 0 Å². The molecule has 0 radical (unpaired) electrons. The minimum absolute atomic E-state index is 0.105. The van der Waals surface area contributed by atoms with Gasteiger partial charge in [-0.15, -0.1) is 0 Å². The number of rotatable bonds is 2. The Balaban J connectivity index is 2.17. The molecule has 5 nitrogen and oxygen atoms in total. The first-order chi connectivity index (χ1) is 9.58. The second kappa shape index (κ2) is 4.44. The van der Waals surface area contributed by atoms with Crippen LogP contribution in [0.1, 0.15) is 0 Å². The lowest BCUT2D eigenvalue weighted by Crippen LogP contribution is -1.95. The predicted octanol–water partition coefficient (Wildman–Crippen LogP) is 2.53. The maximum absolute atomic E-state index is 13.8. The predicted molar refractivity (Wildman–Crippen MR) is 73.2 cm³/mol. The number of anilines is 2.